The van der Waals surface area contributed by atoms with Gasteiger partial charge in [0.05, 0.1) is 7.11 Å². The van der Waals surface area contributed by atoms with Crippen LogP contribution in [-0.2, 0) is 20.9 Å². The maximum atomic E-state index is 12.4. The summed E-state index contributed by atoms with van der Waals surface area (Å²) in [4.78, 5) is 34.2. The number of aliphatic carboxylic acids is 2. The number of ether oxygens (including phenoxy) is 1. The van der Waals surface area contributed by atoms with Gasteiger partial charge in [-0.2, -0.15) is 26.3 Å². The van der Waals surface area contributed by atoms with Gasteiger partial charge in [0.1, 0.15) is 11.8 Å². The molecule has 0 aliphatic heterocycles. The van der Waals surface area contributed by atoms with Gasteiger partial charge in [0.2, 0.25) is 5.91 Å². The predicted molar refractivity (Wildman–Crippen MR) is 129 cm³/mol. The van der Waals surface area contributed by atoms with Gasteiger partial charge in [-0.05, 0) is 46.5 Å². The average molecular weight is 575 g/mol. The third-order valence-electron chi connectivity index (χ3n) is 4.65. The first-order valence-corrected chi connectivity index (χ1v) is 10.8. The van der Waals surface area contributed by atoms with Crippen LogP contribution >= 0.6 is 0 Å². The van der Waals surface area contributed by atoms with E-state index in [0.29, 0.717) is 6.54 Å². The van der Waals surface area contributed by atoms with Gasteiger partial charge in [-0.1, -0.05) is 36.4 Å². The maximum Gasteiger partial charge on any atom is 0.490 e. The van der Waals surface area contributed by atoms with E-state index in [1.54, 1.807) is 19.5 Å². The molecule has 9 nitrogen and oxygen atoms in total. The zero-order valence-electron chi connectivity index (χ0n) is 20.5. The second kappa shape index (κ2) is 15.1. The number of carboxylic acids is 2. The van der Waals surface area contributed by atoms with E-state index in [4.69, 9.17) is 30.3 Å². The summed E-state index contributed by atoms with van der Waals surface area (Å²) >= 11 is 0. The molecule has 1 atom stereocenters. The van der Waals surface area contributed by atoms with Crippen molar-refractivity contribution in [3.05, 3.63) is 84.2 Å². The van der Waals surface area contributed by atoms with Crippen LogP contribution in [0, 0.1) is 0 Å². The summed E-state index contributed by atoms with van der Waals surface area (Å²) in [6.07, 6.45) is -6.66. The Labute approximate surface area is 223 Å². The van der Waals surface area contributed by atoms with E-state index in [1.165, 1.54) is 0 Å². The van der Waals surface area contributed by atoms with Crippen LogP contribution in [0.25, 0.3) is 11.1 Å². The molecule has 5 N–H and O–H groups in total. The van der Waals surface area contributed by atoms with Crippen molar-refractivity contribution >= 4 is 17.8 Å². The summed E-state index contributed by atoms with van der Waals surface area (Å²) in [5.74, 6) is -4.97. The van der Waals surface area contributed by atoms with Crippen LogP contribution in [0.15, 0.2) is 73.1 Å². The highest BCUT2D eigenvalue weighted by atomic mass is 19.4. The summed E-state index contributed by atoms with van der Waals surface area (Å²) in [6, 6.07) is 18.4. The number of carbonyl (C=O) groups excluding carboxylic acids is 1. The standard InChI is InChI=1S/C21H21N3O2.2C2HF3O2/c1-26-19-4-2-3-15(13-19)14-24-21(25)20(22)18-7-5-16(6-8-18)17-9-11-23-12-10-17;2*3-2(4,5)1(6)7/h2-13,20H,14,22H2,1H3,(H,24,25);2*(H,6,7). The highest BCUT2D eigenvalue weighted by Gasteiger charge is 2.38. The molecular weight excluding hydrogens is 552 g/mol. The summed E-state index contributed by atoms with van der Waals surface area (Å²) < 4.78 is 68.7. The molecule has 2 aromatic carbocycles. The lowest BCUT2D eigenvalue weighted by Crippen LogP contribution is -2.33. The molecule has 0 spiro atoms. The number of alkyl halides is 6. The van der Waals surface area contributed by atoms with Crippen molar-refractivity contribution < 1.29 is 55.7 Å². The molecular formula is C25H23F6N3O6. The van der Waals surface area contributed by atoms with Crippen molar-refractivity contribution in [3.8, 4) is 16.9 Å². The third-order valence-corrected chi connectivity index (χ3v) is 4.65. The quantitative estimate of drug-likeness (QED) is 0.317. The highest BCUT2D eigenvalue weighted by Crippen LogP contribution is 2.21. The van der Waals surface area contributed by atoms with Gasteiger partial charge >= 0.3 is 24.3 Å². The molecule has 1 unspecified atom stereocenters. The van der Waals surface area contributed by atoms with Gasteiger partial charge < -0.3 is 26.0 Å². The van der Waals surface area contributed by atoms with Crippen LogP contribution < -0.4 is 15.8 Å². The van der Waals surface area contributed by atoms with Crippen molar-refractivity contribution in [3.63, 3.8) is 0 Å². The van der Waals surface area contributed by atoms with Crippen molar-refractivity contribution in [1.82, 2.24) is 10.3 Å². The van der Waals surface area contributed by atoms with Gasteiger partial charge in [0, 0.05) is 18.9 Å². The lowest BCUT2D eigenvalue weighted by atomic mass is 10.0. The lowest BCUT2D eigenvalue weighted by Gasteiger charge is -2.14. The molecule has 1 amide bonds. The van der Waals surface area contributed by atoms with E-state index in [-0.39, 0.29) is 5.91 Å². The fourth-order valence-corrected chi connectivity index (χ4v) is 2.66. The van der Waals surface area contributed by atoms with E-state index in [1.807, 2.05) is 60.7 Å². The molecule has 1 heterocycles. The average Bonchev–Trinajstić information content (AvgIpc) is 2.91. The Morgan fingerprint density at radius 3 is 1.80 bits per heavy atom. The normalized spacial score (nSPS) is 11.5. The summed E-state index contributed by atoms with van der Waals surface area (Å²) in [7, 11) is 1.61. The van der Waals surface area contributed by atoms with E-state index in [0.717, 1.165) is 28.0 Å². The van der Waals surface area contributed by atoms with Crippen molar-refractivity contribution in [2.45, 2.75) is 24.9 Å². The monoisotopic (exact) mass is 575 g/mol. The molecule has 1 aromatic heterocycles. The summed E-state index contributed by atoms with van der Waals surface area (Å²) in [6.45, 7) is 0.402. The Balaban J connectivity index is 0.000000473. The zero-order valence-corrected chi connectivity index (χ0v) is 20.5. The fourth-order valence-electron chi connectivity index (χ4n) is 2.66. The van der Waals surface area contributed by atoms with Crippen molar-refractivity contribution in [2.75, 3.05) is 7.11 Å². The first-order valence-electron chi connectivity index (χ1n) is 10.8. The number of rotatable bonds is 6. The minimum absolute atomic E-state index is 0.218. The Bertz CT molecular complexity index is 1230. The number of nitrogens with two attached hydrogens (primary N) is 1. The predicted octanol–water partition coefficient (Wildman–Crippen LogP) is 4.34. The number of benzene rings is 2. The molecule has 0 fully saturated rings. The summed E-state index contributed by atoms with van der Waals surface area (Å²) in [5.41, 5.74) is 9.95. The molecule has 0 saturated heterocycles. The van der Waals surface area contributed by atoms with Gasteiger partial charge in [-0.3, -0.25) is 9.78 Å². The SMILES string of the molecule is COc1cccc(CNC(=O)C(N)c2ccc(-c3ccncc3)cc2)c1.O=C(O)C(F)(F)F.O=C(O)C(F)(F)F. The number of hydrogen-bond donors (Lipinski definition) is 4. The van der Waals surface area contributed by atoms with Crippen LogP contribution in [0.2, 0.25) is 0 Å². The molecule has 3 rings (SSSR count). The first-order chi connectivity index (χ1) is 18.6. The Morgan fingerprint density at radius 1 is 0.875 bits per heavy atom. The topological polar surface area (TPSA) is 152 Å². The van der Waals surface area contributed by atoms with E-state index in [9.17, 15) is 31.1 Å². The van der Waals surface area contributed by atoms with Crippen LogP contribution in [-0.4, -0.2) is 52.5 Å². The van der Waals surface area contributed by atoms with Crippen molar-refractivity contribution in [1.29, 1.82) is 0 Å². The number of nitrogens with one attached hydrogen (secondary N) is 1. The second-order valence-corrected chi connectivity index (χ2v) is 7.51. The summed E-state index contributed by atoms with van der Waals surface area (Å²) in [5, 5.41) is 17.1. The zero-order chi connectivity index (χ0) is 30.5. The Kier molecular flexibility index (Phi) is 12.6. The van der Waals surface area contributed by atoms with Crippen molar-refractivity contribution in [2.24, 2.45) is 5.73 Å². The van der Waals surface area contributed by atoms with Gasteiger partial charge in [-0.25, -0.2) is 9.59 Å². The molecule has 0 bridgehead atoms. The first kappa shape index (κ1) is 33.4. The van der Waals surface area contributed by atoms with Gasteiger partial charge in [0.25, 0.3) is 0 Å². The van der Waals surface area contributed by atoms with Crippen LogP contribution in [0.1, 0.15) is 17.2 Å². The minimum Gasteiger partial charge on any atom is -0.497 e. The Morgan fingerprint density at radius 2 is 1.35 bits per heavy atom. The minimum atomic E-state index is -5.08. The number of methoxy groups -OCH3 is 1. The van der Waals surface area contributed by atoms with Crippen LogP contribution in [0.4, 0.5) is 26.3 Å². The molecule has 3 aromatic rings. The highest BCUT2D eigenvalue weighted by molar-refractivity contribution is 5.83. The number of carbonyl (C=O) groups is 3. The molecule has 0 aliphatic rings. The van der Waals surface area contributed by atoms with Crippen LogP contribution in [0.5, 0.6) is 5.75 Å². The largest absolute Gasteiger partial charge is 0.497 e. The molecule has 0 saturated carbocycles. The number of halogens is 6. The number of hydrogen-bond acceptors (Lipinski definition) is 6. The molecule has 0 radical (unpaired) electrons. The van der Waals surface area contributed by atoms with Gasteiger partial charge in [-0.15, -0.1) is 0 Å². The van der Waals surface area contributed by atoms with E-state index < -0.39 is 30.3 Å². The number of carboxylic acid groups (broad SMARTS) is 2. The maximum absolute atomic E-state index is 12.4. The number of amides is 1. The number of pyridine rings is 1. The lowest BCUT2D eigenvalue weighted by molar-refractivity contribution is -0.193. The molecule has 40 heavy (non-hydrogen) atoms. The second-order valence-electron chi connectivity index (χ2n) is 7.51. The smallest absolute Gasteiger partial charge is 0.490 e. The van der Waals surface area contributed by atoms with Crippen LogP contribution in [0.3, 0.4) is 0 Å². The van der Waals surface area contributed by atoms with E-state index >= 15 is 0 Å². The number of aromatic nitrogens is 1. The van der Waals surface area contributed by atoms with Gasteiger partial charge in [0.15, 0.2) is 0 Å². The van der Waals surface area contributed by atoms with E-state index in [2.05, 4.69) is 10.3 Å². The molecule has 15 heteroatoms. The molecule has 0 aliphatic carbocycles. The Hall–Kier alpha value is -4.66. The fraction of sp³-hybridized carbons (Fsp3) is 0.200. The molecule has 216 valence electrons. The third kappa shape index (κ3) is 11.8. The number of nitrogens with zero attached hydrogens (tertiary/aromatic N) is 1.